The van der Waals surface area contributed by atoms with E-state index in [0.29, 0.717) is 10.7 Å². The standard InChI is InChI=1S/C13H11ClN2O/c14-9-3-1-4-10(7-9)16-13-6-2-5-11(13)12(8-17)15-16/h1,3-4,7-8H,2,5-6H2. The van der Waals surface area contributed by atoms with Crippen molar-refractivity contribution in [3.8, 4) is 5.69 Å². The first-order chi connectivity index (χ1) is 8.29. The quantitative estimate of drug-likeness (QED) is 0.764. The fourth-order valence-corrected chi connectivity index (χ4v) is 2.57. The number of carbonyl (C=O) groups excluding carboxylic acids is 1. The number of halogens is 1. The van der Waals surface area contributed by atoms with Crippen LogP contribution in [0.1, 0.15) is 28.2 Å². The maximum absolute atomic E-state index is 11.0. The largest absolute Gasteiger partial charge is 0.296 e. The highest BCUT2D eigenvalue weighted by atomic mass is 35.5. The molecule has 1 aliphatic rings. The third-order valence-electron chi connectivity index (χ3n) is 3.13. The summed E-state index contributed by atoms with van der Waals surface area (Å²) in [5.74, 6) is 0. The Bertz CT molecular complexity index is 589. The van der Waals surface area contributed by atoms with E-state index >= 15 is 0 Å². The number of aldehydes is 1. The van der Waals surface area contributed by atoms with Crippen LogP contribution in [0, 0.1) is 0 Å². The van der Waals surface area contributed by atoms with Gasteiger partial charge in [-0.2, -0.15) is 5.10 Å². The molecule has 1 heterocycles. The molecule has 1 aromatic carbocycles. The zero-order valence-electron chi connectivity index (χ0n) is 9.19. The summed E-state index contributed by atoms with van der Waals surface area (Å²) in [5, 5.41) is 5.03. The first kappa shape index (κ1) is 10.5. The molecule has 0 radical (unpaired) electrons. The molecule has 0 atom stereocenters. The van der Waals surface area contributed by atoms with Crippen molar-refractivity contribution in [2.75, 3.05) is 0 Å². The lowest BCUT2D eigenvalue weighted by Gasteiger charge is -2.05. The van der Waals surface area contributed by atoms with Crippen molar-refractivity contribution in [3.05, 3.63) is 46.2 Å². The van der Waals surface area contributed by atoms with E-state index in [1.165, 1.54) is 0 Å². The molecule has 0 fully saturated rings. The van der Waals surface area contributed by atoms with Gasteiger partial charge in [0.05, 0.1) is 5.69 Å². The first-order valence-electron chi connectivity index (χ1n) is 5.61. The van der Waals surface area contributed by atoms with E-state index in [0.717, 1.165) is 42.5 Å². The molecule has 0 saturated carbocycles. The smallest absolute Gasteiger partial charge is 0.170 e. The monoisotopic (exact) mass is 246 g/mol. The molecule has 3 rings (SSSR count). The van der Waals surface area contributed by atoms with E-state index in [1.807, 2.05) is 28.9 Å². The predicted octanol–water partition coefficient (Wildman–Crippen LogP) is 2.83. The lowest BCUT2D eigenvalue weighted by molar-refractivity contribution is 0.111. The molecule has 0 spiro atoms. The fraction of sp³-hybridized carbons (Fsp3) is 0.231. The molecule has 1 aliphatic carbocycles. The molecule has 17 heavy (non-hydrogen) atoms. The molecule has 0 amide bonds. The van der Waals surface area contributed by atoms with E-state index in [-0.39, 0.29) is 0 Å². The van der Waals surface area contributed by atoms with Crippen molar-refractivity contribution in [2.24, 2.45) is 0 Å². The Morgan fingerprint density at radius 1 is 1.35 bits per heavy atom. The van der Waals surface area contributed by atoms with Crippen molar-refractivity contribution in [1.29, 1.82) is 0 Å². The van der Waals surface area contributed by atoms with Crippen molar-refractivity contribution in [1.82, 2.24) is 9.78 Å². The molecule has 2 aromatic rings. The molecule has 0 bridgehead atoms. The summed E-state index contributed by atoms with van der Waals surface area (Å²) in [6.07, 6.45) is 3.85. The normalized spacial score (nSPS) is 13.7. The Kier molecular flexibility index (Phi) is 2.48. The molecular formula is C13H11ClN2O. The molecule has 0 N–H and O–H groups in total. The van der Waals surface area contributed by atoms with Crippen LogP contribution in [-0.4, -0.2) is 16.1 Å². The number of aromatic nitrogens is 2. The van der Waals surface area contributed by atoms with Crippen LogP contribution in [0.5, 0.6) is 0 Å². The first-order valence-corrected chi connectivity index (χ1v) is 5.99. The van der Waals surface area contributed by atoms with Gasteiger partial charge in [0.25, 0.3) is 0 Å². The van der Waals surface area contributed by atoms with E-state index in [9.17, 15) is 4.79 Å². The maximum atomic E-state index is 11.0. The lowest BCUT2D eigenvalue weighted by Crippen LogP contribution is -2.01. The van der Waals surface area contributed by atoms with Gasteiger partial charge >= 0.3 is 0 Å². The van der Waals surface area contributed by atoms with Gasteiger partial charge in [0.15, 0.2) is 6.29 Å². The van der Waals surface area contributed by atoms with Crippen LogP contribution in [0.15, 0.2) is 24.3 Å². The molecule has 1 aromatic heterocycles. The molecule has 86 valence electrons. The SMILES string of the molecule is O=Cc1nn(-c2cccc(Cl)c2)c2c1CCC2. The van der Waals surface area contributed by atoms with E-state index < -0.39 is 0 Å². The van der Waals surface area contributed by atoms with Gasteiger partial charge in [0, 0.05) is 16.3 Å². The summed E-state index contributed by atoms with van der Waals surface area (Å²) in [5.41, 5.74) is 3.73. The van der Waals surface area contributed by atoms with Gasteiger partial charge in [-0.15, -0.1) is 0 Å². The van der Waals surface area contributed by atoms with E-state index in [1.54, 1.807) is 0 Å². The minimum Gasteiger partial charge on any atom is -0.296 e. The van der Waals surface area contributed by atoms with Gasteiger partial charge in [-0.05, 0) is 37.5 Å². The highest BCUT2D eigenvalue weighted by Crippen LogP contribution is 2.27. The summed E-state index contributed by atoms with van der Waals surface area (Å²) in [6.45, 7) is 0. The van der Waals surface area contributed by atoms with Gasteiger partial charge < -0.3 is 0 Å². The van der Waals surface area contributed by atoms with Crippen molar-refractivity contribution in [3.63, 3.8) is 0 Å². The highest BCUT2D eigenvalue weighted by Gasteiger charge is 2.22. The third-order valence-corrected chi connectivity index (χ3v) is 3.36. The van der Waals surface area contributed by atoms with Crippen molar-refractivity contribution in [2.45, 2.75) is 19.3 Å². The second kappa shape index (κ2) is 4.00. The average molecular weight is 247 g/mol. The van der Waals surface area contributed by atoms with Crippen LogP contribution in [0.25, 0.3) is 5.69 Å². The fourth-order valence-electron chi connectivity index (χ4n) is 2.38. The number of carbonyl (C=O) groups is 1. The van der Waals surface area contributed by atoms with Crippen LogP contribution in [0.4, 0.5) is 0 Å². The Hall–Kier alpha value is -1.61. The Morgan fingerprint density at radius 3 is 3.00 bits per heavy atom. The minimum atomic E-state index is 0.567. The number of benzene rings is 1. The second-order valence-electron chi connectivity index (χ2n) is 4.17. The maximum Gasteiger partial charge on any atom is 0.170 e. The molecule has 0 aliphatic heterocycles. The Labute approximate surface area is 104 Å². The number of rotatable bonds is 2. The van der Waals surface area contributed by atoms with Crippen LogP contribution < -0.4 is 0 Å². The van der Waals surface area contributed by atoms with Crippen LogP contribution in [-0.2, 0) is 12.8 Å². The highest BCUT2D eigenvalue weighted by molar-refractivity contribution is 6.30. The van der Waals surface area contributed by atoms with E-state index in [4.69, 9.17) is 11.6 Å². The van der Waals surface area contributed by atoms with Crippen LogP contribution in [0.3, 0.4) is 0 Å². The number of nitrogens with zero attached hydrogens (tertiary/aromatic N) is 2. The minimum absolute atomic E-state index is 0.567. The van der Waals surface area contributed by atoms with Gasteiger partial charge in [0.1, 0.15) is 5.69 Å². The summed E-state index contributed by atoms with van der Waals surface area (Å²) in [4.78, 5) is 11.0. The van der Waals surface area contributed by atoms with Gasteiger partial charge in [-0.1, -0.05) is 17.7 Å². The number of fused-ring (bicyclic) bond motifs is 1. The summed E-state index contributed by atoms with van der Waals surface area (Å²) in [6, 6.07) is 7.53. The lowest BCUT2D eigenvalue weighted by atomic mass is 10.2. The predicted molar refractivity (Wildman–Crippen MR) is 66.0 cm³/mol. The zero-order valence-corrected chi connectivity index (χ0v) is 9.94. The van der Waals surface area contributed by atoms with Crippen LogP contribution >= 0.6 is 11.6 Å². The zero-order chi connectivity index (χ0) is 11.8. The summed E-state index contributed by atoms with van der Waals surface area (Å²) >= 11 is 5.98. The third kappa shape index (κ3) is 1.67. The van der Waals surface area contributed by atoms with Crippen molar-refractivity contribution >= 4 is 17.9 Å². The Morgan fingerprint density at radius 2 is 2.24 bits per heavy atom. The number of hydrogen-bond donors (Lipinski definition) is 0. The van der Waals surface area contributed by atoms with Crippen molar-refractivity contribution < 1.29 is 4.79 Å². The van der Waals surface area contributed by atoms with Crippen LogP contribution in [0.2, 0.25) is 5.02 Å². The molecule has 0 saturated heterocycles. The molecular weight excluding hydrogens is 236 g/mol. The van der Waals surface area contributed by atoms with E-state index in [2.05, 4.69) is 5.10 Å². The van der Waals surface area contributed by atoms with Gasteiger partial charge in [-0.3, -0.25) is 4.79 Å². The molecule has 4 heteroatoms. The number of hydrogen-bond acceptors (Lipinski definition) is 2. The summed E-state index contributed by atoms with van der Waals surface area (Å²) < 4.78 is 1.85. The topological polar surface area (TPSA) is 34.9 Å². The molecule has 0 unspecified atom stereocenters. The molecule has 3 nitrogen and oxygen atoms in total. The van der Waals surface area contributed by atoms with Gasteiger partial charge in [0.2, 0.25) is 0 Å². The summed E-state index contributed by atoms with van der Waals surface area (Å²) in [7, 11) is 0. The average Bonchev–Trinajstić information content (AvgIpc) is 2.89. The van der Waals surface area contributed by atoms with Gasteiger partial charge in [-0.25, -0.2) is 4.68 Å². The Balaban J connectivity index is 2.18. The second-order valence-corrected chi connectivity index (χ2v) is 4.61.